The van der Waals surface area contributed by atoms with E-state index in [9.17, 15) is 18.0 Å². The number of nitrogens with one attached hydrogen (secondary N) is 3. The van der Waals surface area contributed by atoms with Crippen molar-refractivity contribution in [1.82, 2.24) is 10.6 Å². The molecular formula is C14H18F3N3O. The highest BCUT2D eigenvalue weighted by Crippen LogP contribution is 2.30. The van der Waals surface area contributed by atoms with Crippen molar-refractivity contribution < 1.29 is 18.0 Å². The number of urea groups is 1. The van der Waals surface area contributed by atoms with E-state index in [-0.39, 0.29) is 5.69 Å². The van der Waals surface area contributed by atoms with Gasteiger partial charge in [0.15, 0.2) is 0 Å². The van der Waals surface area contributed by atoms with Gasteiger partial charge in [0.1, 0.15) is 0 Å². The molecule has 1 aromatic carbocycles. The molecule has 0 spiro atoms. The van der Waals surface area contributed by atoms with Gasteiger partial charge < -0.3 is 16.0 Å². The third kappa shape index (κ3) is 4.93. The number of alkyl halides is 3. The lowest BCUT2D eigenvalue weighted by atomic mass is 10.1. The molecule has 1 fully saturated rings. The molecule has 2 rings (SSSR count). The molecule has 1 aliphatic rings. The van der Waals surface area contributed by atoms with Gasteiger partial charge in [0, 0.05) is 18.3 Å². The minimum Gasteiger partial charge on any atom is -0.338 e. The standard InChI is InChI=1S/C14H18F3N3O/c15-14(16,17)10-3-1-4-12(9-10)20-13(21)19-8-6-11-5-2-7-18-11/h1,3-4,9,11,18H,2,5-8H2,(H2,19,20,21). The molecule has 0 aliphatic carbocycles. The molecule has 1 aromatic rings. The number of carbonyl (C=O) groups is 1. The Balaban J connectivity index is 1.79. The molecule has 2 amide bonds. The van der Waals surface area contributed by atoms with Gasteiger partial charge in [-0.05, 0) is 44.0 Å². The third-order valence-corrected chi connectivity index (χ3v) is 3.39. The van der Waals surface area contributed by atoms with Gasteiger partial charge in [0.05, 0.1) is 5.56 Å². The van der Waals surface area contributed by atoms with Crippen molar-refractivity contribution in [2.45, 2.75) is 31.5 Å². The van der Waals surface area contributed by atoms with E-state index in [0.717, 1.165) is 37.9 Å². The number of hydrogen-bond acceptors (Lipinski definition) is 2. The van der Waals surface area contributed by atoms with Gasteiger partial charge in [0.2, 0.25) is 0 Å². The first kappa shape index (κ1) is 15.6. The summed E-state index contributed by atoms with van der Waals surface area (Å²) >= 11 is 0. The van der Waals surface area contributed by atoms with Crippen molar-refractivity contribution in [1.29, 1.82) is 0 Å². The lowest BCUT2D eigenvalue weighted by Crippen LogP contribution is -2.33. The molecule has 116 valence electrons. The van der Waals surface area contributed by atoms with Gasteiger partial charge in [-0.3, -0.25) is 0 Å². The van der Waals surface area contributed by atoms with Crippen molar-refractivity contribution in [3.05, 3.63) is 29.8 Å². The van der Waals surface area contributed by atoms with E-state index in [0.29, 0.717) is 12.6 Å². The molecule has 4 nitrogen and oxygen atoms in total. The number of hydrogen-bond donors (Lipinski definition) is 3. The van der Waals surface area contributed by atoms with Crippen LogP contribution in [0.5, 0.6) is 0 Å². The van der Waals surface area contributed by atoms with Crippen molar-refractivity contribution in [3.63, 3.8) is 0 Å². The Kier molecular flexibility index (Phi) is 5.06. The van der Waals surface area contributed by atoms with Gasteiger partial charge in [0.25, 0.3) is 0 Å². The molecule has 0 saturated carbocycles. The second-order valence-corrected chi connectivity index (χ2v) is 5.04. The van der Waals surface area contributed by atoms with E-state index < -0.39 is 17.8 Å². The molecule has 1 saturated heterocycles. The fourth-order valence-corrected chi connectivity index (χ4v) is 2.31. The van der Waals surface area contributed by atoms with Crippen LogP contribution in [0.1, 0.15) is 24.8 Å². The Morgan fingerprint density at radius 1 is 1.38 bits per heavy atom. The molecular weight excluding hydrogens is 283 g/mol. The molecule has 0 aromatic heterocycles. The second kappa shape index (κ2) is 6.80. The third-order valence-electron chi connectivity index (χ3n) is 3.39. The van der Waals surface area contributed by atoms with E-state index in [1.165, 1.54) is 12.1 Å². The van der Waals surface area contributed by atoms with Crippen LogP contribution >= 0.6 is 0 Å². The average Bonchev–Trinajstić information content (AvgIpc) is 2.91. The SMILES string of the molecule is O=C(NCCC1CCCN1)Nc1cccc(C(F)(F)F)c1. The van der Waals surface area contributed by atoms with E-state index in [1.54, 1.807) is 0 Å². The Bertz CT molecular complexity index is 485. The van der Waals surface area contributed by atoms with Crippen LogP contribution in [0.2, 0.25) is 0 Å². The highest BCUT2D eigenvalue weighted by Gasteiger charge is 2.30. The number of carbonyl (C=O) groups excluding carboxylic acids is 1. The number of amides is 2. The van der Waals surface area contributed by atoms with Crippen LogP contribution in [0.25, 0.3) is 0 Å². The van der Waals surface area contributed by atoms with Gasteiger partial charge in [-0.1, -0.05) is 6.07 Å². The van der Waals surface area contributed by atoms with Crippen LogP contribution in [-0.2, 0) is 6.18 Å². The highest BCUT2D eigenvalue weighted by molar-refractivity contribution is 5.89. The minimum absolute atomic E-state index is 0.126. The first-order chi connectivity index (χ1) is 9.95. The van der Waals surface area contributed by atoms with Gasteiger partial charge in [-0.2, -0.15) is 13.2 Å². The molecule has 1 aliphatic heterocycles. The summed E-state index contributed by atoms with van der Waals surface area (Å²) in [7, 11) is 0. The fraction of sp³-hybridized carbons (Fsp3) is 0.500. The summed E-state index contributed by atoms with van der Waals surface area (Å²) in [6.45, 7) is 1.49. The summed E-state index contributed by atoms with van der Waals surface area (Å²) in [4.78, 5) is 11.6. The molecule has 0 bridgehead atoms. The van der Waals surface area contributed by atoms with Crippen LogP contribution in [0.4, 0.5) is 23.7 Å². The Morgan fingerprint density at radius 3 is 2.86 bits per heavy atom. The Morgan fingerprint density at radius 2 is 2.19 bits per heavy atom. The van der Waals surface area contributed by atoms with Crippen molar-refractivity contribution in [2.24, 2.45) is 0 Å². The highest BCUT2D eigenvalue weighted by atomic mass is 19.4. The monoisotopic (exact) mass is 301 g/mol. The van der Waals surface area contributed by atoms with Crippen LogP contribution in [0.15, 0.2) is 24.3 Å². The van der Waals surface area contributed by atoms with Gasteiger partial charge in [-0.15, -0.1) is 0 Å². The molecule has 3 N–H and O–H groups in total. The number of anilines is 1. The maximum Gasteiger partial charge on any atom is 0.416 e. The smallest absolute Gasteiger partial charge is 0.338 e. The predicted molar refractivity (Wildman–Crippen MR) is 74.1 cm³/mol. The van der Waals surface area contributed by atoms with E-state index in [1.807, 2.05) is 0 Å². The lowest BCUT2D eigenvalue weighted by molar-refractivity contribution is -0.137. The molecule has 21 heavy (non-hydrogen) atoms. The number of halogens is 3. The van der Waals surface area contributed by atoms with E-state index >= 15 is 0 Å². The molecule has 1 heterocycles. The zero-order valence-corrected chi connectivity index (χ0v) is 11.5. The zero-order valence-electron chi connectivity index (χ0n) is 11.5. The first-order valence-electron chi connectivity index (χ1n) is 6.90. The van der Waals surface area contributed by atoms with Crippen LogP contribution in [-0.4, -0.2) is 25.2 Å². The maximum atomic E-state index is 12.5. The number of benzene rings is 1. The van der Waals surface area contributed by atoms with Crippen molar-refractivity contribution in [2.75, 3.05) is 18.4 Å². The van der Waals surface area contributed by atoms with Crippen LogP contribution in [0.3, 0.4) is 0 Å². The van der Waals surface area contributed by atoms with Gasteiger partial charge >= 0.3 is 12.2 Å². The van der Waals surface area contributed by atoms with E-state index in [2.05, 4.69) is 16.0 Å². The summed E-state index contributed by atoms with van der Waals surface area (Å²) < 4.78 is 37.6. The topological polar surface area (TPSA) is 53.2 Å². The van der Waals surface area contributed by atoms with Crippen LogP contribution in [0, 0.1) is 0 Å². The summed E-state index contributed by atoms with van der Waals surface area (Å²) in [6, 6.07) is 4.49. The van der Waals surface area contributed by atoms with Gasteiger partial charge in [-0.25, -0.2) is 4.79 Å². The van der Waals surface area contributed by atoms with Crippen molar-refractivity contribution in [3.8, 4) is 0 Å². The molecule has 1 atom stereocenters. The summed E-state index contributed by atoms with van der Waals surface area (Å²) in [5, 5.41) is 8.36. The second-order valence-electron chi connectivity index (χ2n) is 5.04. The first-order valence-corrected chi connectivity index (χ1v) is 6.90. The quantitative estimate of drug-likeness (QED) is 0.801. The average molecular weight is 301 g/mol. The minimum atomic E-state index is -4.41. The normalized spacial score (nSPS) is 18.5. The fourth-order valence-electron chi connectivity index (χ4n) is 2.31. The summed E-state index contributed by atoms with van der Waals surface area (Å²) in [5.74, 6) is 0. The molecule has 7 heteroatoms. The number of rotatable bonds is 4. The summed E-state index contributed by atoms with van der Waals surface area (Å²) in [6.07, 6.45) is -1.36. The Labute approximate surface area is 121 Å². The zero-order chi connectivity index (χ0) is 15.3. The summed E-state index contributed by atoms with van der Waals surface area (Å²) in [5.41, 5.74) is -0.656. The Hall–Kier alpha value is -1.76. The molecule has 1 unspecified atom stereocenters. The van der Waals surface area contributed by atoms with Crippen LogP contribution < -0.4 is 16.0 Å². The largest absolute Gasteiger partial charge is 0.416 e. The lowest BCUT2D eigenvalue weighted by Gasteiger charge is -2.12. The predicted octanol–water partition coefficient (Wildman–Crippen LogP) is 2.97. The van der Waals surface area contributed by atoms with Crippen molar-refractivity contribution >= 4 is 11.7 Å². The molecule has 0 radical (unpaired) electrons. The van der Waals surface area contributed by atoms with E-state index in [4.69, 9.17) is 0 Å². The maximum absolute atomic E-state index is 12.5.